The van der Waals surface area contributed by atoms with Crippen molar-refractivity contribution in [3.05, 3.63) is 88.5 Å². The van der Waals surface area contributed by atoms with E-state index in [-0.39, 0.29) is 47.5 Å². The van der Waals surface area contributed by atoms with Crippen molar-refractivity contribution in [3.63, 3.8) is 0 Å². The second-order valence-corrected chi connectivity index (χ2v) is 8.73. The van der Waals surface area contributed by atoms with E-state index in [1.54, 1.807) is 31.2 Å². The molecule has 0 saturated carbocycles. The summed E-state index contributed by atoms with van der Waals surface area (Å²) in [4.78, 5) is 54.8. The van der Waals surface area contributed by atoms with Gasteiger partial charge >= 0.3 is 5.97 Å². The van der Waals surface area contributed by atoms with E-state index in [0.717, 1.165) is 10.5 Å². The molecule has 2 atom stereocenters. The van der Waals surface area contributed by atoms with Gasteiger partial charge in [0.2, 0.25) is 11.8 Å². The first-order chi connectivity index (χ1) is 16.8. The molecule has 0 bridgehead atoms. The van der Waals surface area contributed by atoms with E-state index in [1.165, 1.54) is 6.92 Å². The Morgan fingerprint density at radius 3 is 2.46 bits per heavy atom. The smallest absolute Gasteiger partial charge is 0.341 e. The number of ether oxygens (including phenoxy) is 2. The number of carbonyl (C=O) groups excluding carboxylic acids is 4. The van der Waals surface area contributed by atoms with Gasteiger partial charge in [-0.1, -0.05) is 48.5 Å². The number of Topliss-reactive ketones (excluding diaryl/α,β-unsaturated/α-hetero) is 1. The van der Waals surface area contributed by atoms with Gasteiger partial charge in [0, 0.05) is 25.3 Å². The molecule has 2 amide bonds. The predicted molar refractivity (Wildman–Crippen MR) is 126 cm³/mol. The molecule has 2 aromatic carbocycles. The molecule has 2 heterocycles. The minimum atomic E-state index is -1.93. The molecule has 8 heteroatoms. The number of rotatable bonds is 3. The summed E-state index contributed by atoms with van der Waals surface area (Å²) in [6.45, 7) is 2.90. The SMILES string of the molecule is CCOC(=O)C1=C(N)OC2=C(C(=O)C[C@H](c3ccccc3)C2)[C@@]12C(=O)N(C(C)=O)c1ccccc12. The molecule has 1 aliphatic carbocycles. The standard InChI is InChI=1S/C27H24N2O6/c1-3-34-25(32)23-24(28)35-21-14-17(16-9-5-4-6-10-16)13-20(31)22(21)27(23)18-11-7-8-12-19(18)29(15(2)30)26(27)33/h4-12,17H,3,13-14,28H2,1-2H3/t17-,27+/m0/s1. The molecule has 0 unspecified atom stereocenters. The highest BCUT2D eigenvalue weighted by atomic mass is 16.5. The lowest BCUT2D eigenvalue weighted by Gasteiger charge is -2.40. The van der Waals surface area contributed by atoms with E-state index in [9.17, 15) is 19.2 Å². The fourth-order valence-corrected chi connectivity index (χ4v) is 5.48. The number of hydrogen-bond acceptors (Lipinski definition) is 7. The molecule has 178 valence electrons. The lowest BCUT2D eigenvalue weighted by Crippen LogP contribution is -2.52. The summed E-state index contributed by atoms with van der Waals surface area (Å²) in [6, 6.07) is 16.1. The van der Waals surface area contributed by atoms with Gasteiger partial charge in [-0.05, 0) is 24.5 Å². The molecule has 2 aromatic rings. The summed E-state index contributed by atoms with van der Waals surface area (Å²) in [6.07, 6.45) is 0.415. The second-order valence-electron chi connectivity index (χ2n) is 8.73. The number of esters is 1. The predicted octanol–water partition coefficient (Wildman–Crippen LogP) is 2.98. The van der Waals surface area contributed by atoms with Crippen LogP contribution in [0.3, 0.4) is 0 Å². The average molecular weight is 472 g/mol. The molecule has 2 aliphatic heterocycles. The monoisotopic (exact) mass is 472 g/mol. The van der Waals surface area contributed by atoms with Crippen molar-refractivity contribution < 1.29 is 28.7 Å². The quantitative estimate of drug-likeness (QED) is 0.683. The van der Waals surface area contributed by atoms with E-state index in [4.69, 9.17) is 15.2 Å². The van der Waals surface area contributed by atoms with Crippen LogP contribution in [0.5, 0.6) is 0 Å². The maximum atomic E-state index is 14.2. The van der Waals surface area contributed by atoms with Gasteiger partial charge in [0.05, 0.1) is 17.9 Å². The van der Waals surface area contributed by atoms with Gasteiger partial charge in [-0.3, -0.25) is 14.4 Å². The first-order valence-corrected chi connectivity index (χ1v) is 11.4. The van der Waals surface area contributed by atoms with Crippen LogP contribution in [0.25, 0.3) is 0 Å². The molecule has 1 spiro atoms. The van der Waals surface area contributed by atoms with Crippen LogP contribution in [0.15, 0.2) is 77.4 Å². The molecule has 0 fully saturated rings. The van der Waals surface area contributed by atoms with Crippen LogP contribution in [0.4, 0.5) is 5.69 Å². The van der Waals surface area contributed by atoms with Crippen LogP contribution in [-0.2, 0) is 34.1 Å². The molecular formula is C27H24N2O6. The summed E-state index contributed by atoms with van der Waals surface area (Å²) < 4.78 is 11.2. The number of benzene rings is 2. The molecule has 0 aromatic heterocycles. The number of hydrogen-bond donors (Lipinski definition) is 1. The number of fused-ring (bicyclic) bond motifs is 3. The van der Waals surface area contributed by atoms with Gasteiger partial charge in [-0.25, -0.2) is 9.69 Å². The van der Waals surface area contributed by atoms with Crippen molar-refractivity contribution in [3.8, 4) is 0 Å². The number of imide groups is 1. The first kappa shape index (κ1) is 22.6. The third-order valence-electron chi connectivity index (χ3n) is 6.79. The Bertz CT molecular complexity index is 1340. The largest absolute Gasteiger partial charge is 0.462 e. The molecule has 3 aliphatic rings. The topological polar surface area (TPSA) is 116 Å². The van der Waals surface area contributed by atoms with Crippen LogP contribution in [0.2, 0.25) is 0 Å². The normalized spacial score (nSPS) is 23.3. The number of carbonyl (C=O) groups is 4. The first-order valence-electron chi connectivity index (χ1n) is 11.4. The lowest BCUT2D eigenvalue weighted by atomic mass is 9.63. The summed E-state index contributed by atoms with van der Waals surface area (Å²) in [5.41, 5.74) is 5.72. The summed E-state index contributed by atoms with van der Waals surface area (Å²) in [5.74, 6) is -2.76. The fourth-order valence-electron chi connectivity index (χ4n) is 5.48. The van der Waals surface area contributed by atoms with Crippen LogP contribution >= 0.6 is 0 Å². The number of para-hydroxylation sites is 1. The number of anilines is 1. The van der Waals surface area contributed by atoms with E-state index < -0.39 is 23.2 Å². The van der Waals surface area contributed by atoms with Gasteiger partial charge < -0.3 is 15.2 Å². The van der Waals surface area contributed by atoms with E-state index in [2.05, 4.69) is 0 Å². The number of nitrogens with zero attached hydrogens (tertiary/aromatic N) is 1. The summed E-state index contributed by atoms with van der Waals surface area (Å²) in [7, 11) is 0. The van der Waals surface area contributed by atoms with Crippen LogP contribution < -0.4 is 10.6 Å². The molecule has 2 N–H and O–H groups in total. The molecule has 8 nitrogen and oxygen atoms in total. The number of allylic oxidation sites excluding steroid dienone is 1. The van der Waals surface area contributed by atoms with Gasteiger partial charge in [-0.2, -0.15) is 0 Å². The van der Waals surface area contributed by atoms with Gasteiger partial charge in [0.15, 0.2) is 5.78 Å². The minimum Gasteiger partial charge on any atom is -0.462 e. The highest BCUT2D eigenvalue weighted by molar-refractivity contribution is 6.30. The number of ketones is 1. The highest BCUT2D eigenvalue weighted by Gasteiger charge is 2.65. The Kier molecular flexibility index (Phi) is 5.31. The Labute approximate surface area is 202 Å². The van der Waals surface area contributed by atoms with Gasteiger partial charge in [-0.15, -0.1) is 0 Å². The third-order valence-corrected chi connectivity index (χ3v) is 6.79. The molecule has 0 saturated heterocycles. The maximum absolute atomic E-state index is 14.2. The summed E-state index contributed by atoms with van der Waals surface area (Å²) >= 11 is 0. The van der Waals surface area contributed by atoms with Gasteiger partial charge in [0.1, 0.15) is 16.7 Å². The van der Waals surface area contributed by atoms with Crippen molar-refractivity contribution in [2.75, 3.05) is 11.5 Å². The highest BCUT2D eigenvalue weighted by Crippen LogP contribution is 2.57. The zero-order chi connectivity index (χ0) is 24.9. The van der Waals surface area contributed by atoms with Crippen molar-refractivity contribution in [1.82, 2.24) is 0 Å². The Hall–Kier alpha value is -4.20. The lowest BCUT2D eigenvalue weighted by molar-refractivity contribution is -0.141. The Morgan fingerprint density at radius 1 is 1.09 bits per heavy atom. The zero-order valence-electron chi connectivity index (χ0n) is 19.4. The molecule has 0 radical (unpaired) electrons. The zero-order valence-corrected chi connectivity index (χ0v) is 19.4. The van der Waals surface area contributed by atoms with Gasteiger partial charge in [0.25, 0.3) is 5.91 Å². The molecule has 5 rings (SSSR count). The van der Waals surface area contributed by atoms with E-state index >= 15 is 0 Å². The maximum Gasteiger partial charge on any atom is 0.341 e. The van der Waals surface area contributed by atoms with Crippen LogP contribution in [-0.4, -0.2) is 30.2 Å². The van der Waals surface area contributed by atoms with Crippen molar-refractivity contribution >= 4 is 29.3 Å². The number of nitrogens with two attached hydrogens (primary N) is 1. The van der Waals surface area contributed by atoms with Crippen molar-refractivity contribution in [2.45, 2.75) is 38.0 Å². The Balaban J connectivity index is 1.79. The van der Waals surface area contributed by atoms with Crippen molar-refractivity contribution in [2.24, 2.45) is 5.73 Å². The number of amides is 2. The second kappa shape index (κ2) is 8.23. The van der Waals surface area contributed by atoms with Crippen molar-refractivity contribution in [1.29, 1.82) is 0 Å². The van der Waals surface area contributed by atoms with E-state index in [1.807, 2.05) is 30.3 Å². The van der Waals surface area contributed by atoms with Crippen LogP contribution in [0.1, 0.15) is 43.7 Å². The molecular weight excluding hydrogens is 448 g/mol. The third kappa shape index (κ3) is 3.13. The molecule has 35 heavy (non-hydrogen) atoms. The minimum absolute atomic E-state index is 0.0217. The van der Waals surface area contributed by atoms with E-state index in [0.29, 0.717) is 17.7 Å². The Morgan fingerprint density at radius 2 is 1.77 bits per heavy atom. The van der Waals surface area contributed by atoms with Crippen LogP contribution in [0, 0.1) is 0 Å². The summed E-state index contributed by atoms with van der Waals surface area (Å²) in [5, 5.41) is 0. The fraction of sp³-hybridized carbons (Fsp3) is 0.259. The average Bonchev–Trinajstić information content (AvgIpc) is 3.08.